The van der Waals surface area contributed by atoms with E-state index in [2.05, 4.69) is 9.97 Å². The van der Waals surface area contributed by atoms with Crippen molar-refractivity contribution in [1.82, 2.24) is 9.97 Å². The van der Waals surface area contributed by atoms with Gasteiger partial charge in [-0.15, -0.1) is 0 Å². The van der Waals surface area contributed by atoms with Crippen molar-refractivity contribution in [1.29, 1.82) is 0 Å². The van der Waals surface area contributed by atoms with Gasteiger partial charge in [0.1, 0.15) is 5.82 Å². The Morgan fingerprint density at radius 1 is 1.18 bits per heavy atom. The zero-order valence-corrected chi connectivity index (χ0v) is 8.88. The average Bonchev–Trinajstić information content (AvgIpc) is 2.38. The highest BCUT2D eigenvalue weighted by molar-refractivity contribution is 6.13. The maximum atomic E-state index is 12.8. The van der Waals surface area contributed by atoms with Crippen LogP contribution in [-0.4, -0.2) is 16.3 Å². The van der Waals surface area contributed by atoms with Crippen LogP contribution in [0.1, 0.15) is 11.3 Å². The fraction of sp³-hybridized carbons (Fsp3) is 0. The summed E-state index contributed by atoms with van der Waals surface area (Å²) in [5.74, 6) is -0.335. The first-order valence-corrected chi connectivity index (χ1v) is 4.98. The second-order valence-electron chi connectivity index (χ2n) is 3.35. The monoisotopic (exact) mass is 228 g/mol. The Morgan fingerprint density at radius 3 is 2.53 bits per heavy atom. The van der Waals surface area contributed by atoms with Crippen LogP contribution in [0.4, 0.5) is 4.39 Å². The zero-order chi connectivity index (χ0) is 12.1. The minimum Gasteiger partial charge on any atom is -0.298 e. The Labute approximate surface area is 97.7 Å². The van der Waals surface area contributed by atoms with Gasteiger partial charge >= 0.3 is 0 Å². The van der Waals surface area contributed by atoms with E-state index in [1.165, 1.54) is 12.1 Å². The second-order valence-corrected chi connectivity index (χ2v) is 3.35. The second kappa shape index (κ2) is 5.12. The highest BCUT2D eigenvalue weighted by atomic mass is 19.1. The van der Waals surface area contributed by atoms with Crippen molar-refractivity contribution in [3.05, 3.63) is 59.9 Å². The van der Waals surface area contributed by atoms with Crippen LogP contribution in [0.3, 0.4) is 0 Å². The van der Waals surface area contributed by atoms with Gasteiger partial charge in [0.2, 0.25) is 0 Å². The summed E-state index contributed by atoms with van der Waals surface area (Å²) in [7, 11) is 0. The summed E-state index contributed by atoms with van der Waals surface area (Å²) in [6, 6.07) is 5.71. The van der Waals surface area contributed by atoms with Gasteiger partial charge in [0.05, 0.1) is 11.9 Å². The molecule has 84 valence electrons. The molecule has 0 unspecified atom stereocenters. The van der Waals surface area contributed by atoms with Crippen molar-refractivity contribution in [2.75, 3.05) is 0 Å². The first-order chi connectivity index (χ1) is 8.29. The molecule has 0 aliphatic heterocycles. The Kier molecular flexibility index (Phi) is 3.35. The Morgan fingerprint density at radius 2 is 1.94 bits per heavy atom. The van der Waals surface area contributed by atoms with E-state index in [0.717, 1.165) is 0 Å². The van der Waals surface area contributed by atoms with Crippen molar-refractivity contribution in [2.45, 2.75) is 0 Å². The highest BCUT2D eigenvalue weighted by Gasteiger charge is 2.01. The Balaban J connectivity index is 2.37. The van der Waals surface area contributed by atoms with Crippen LogP contribution < -0.4 is 0 Å². The molecule has 0 radical (unpaired) electrons. The fourth-order valence-electron chi connectivity index (χ4n) is 1.37. The molecular formula is C13H9FN2O. The number of allylic oxidation sites excluding steroid dienone is 1. The van der Waals surface area contributed by atoms with Crippen molar-refractivity contribution in [2.24, 2.45) is 0 Å². The molecule has 1 heterocycles. The van der Waals surface area contributed by atoms with Gasteiger partial charge < -0.3 is 0 Å². The lowest BCUT2D eigenvalue weighted by molar-refractivity contribution is -0.103. The molecule has 1 aromatic carbocycles. The summed E-state index contributed by atoms with van der Waals surface area (Å²) in [6.07, 6.45) is 6.96. The van der Waals surface area contributed by atoms with Crippen LogP contribution in [0.15, 0.2) is 42.9 Å². The van der Waals surface area contributed by atoms with Crippen molar-refractivity contribution in [3.8, 4) is 0 Å². The van der Waals surface area contributed by atoms with E-state index in [4.69, 9.17) is 0 Å². The van der Waals surface area contributed by atoms with E-state index in [0.29, 0.717) is 23.1 Å². The summed E-state index contributed by atoms with van der Waals surface area (Å²) < 4.78 is 12.8. The standard InChI is InChI=1S/C13H9FN2O/c14-12-3-1-10(2-4-12)11(9-17)7-13-8-15-5-6-16-13/h1-9H/b11-7+. The smallest absolute Gasteiger partial charge is 0.150 e. The lowest BCUT2D eigenvalue weighted by Crippen LogP contribution is -1.88. The summed E-state index contributed by atoms with van der Waals surface area (Å²) in [6.45, 7) is 0. The molecule has 0 saturated carbocycles. The molecule has 0 saturated heterocycles. The summed E-state index contributed by atoms with van der Waals surface area (Å²) in [5.41, 5.74) is 1.66. The number of carbonyl (C=O) groups is 1. The van der Waals surface area contributed by atoms with Crippen LogP contribution >= 0.6 is 0 Å². The number of aromatic nitrogens is 2. The Hall–Kier alpha value is -2.36. The number of nitrogens with zero attached hydrogens (tertiary/aromatic N) is 2. The zero-order valence-electron chi connectivity index (χ0n) is 8.88. The third-order valence-electron chi connectivity index (χ3n) is 2.19. The molecule has 0 fully saturated rings. The molecule has 0 N–H and O–H groups in total. The lowest BCUT2D eigenvalue weighted by atomic mass is 10.1. The molecule has 0 atom stereocenters. The van der Waals surface area contributed by atoms with E-state index in [1.807, 2.05) is 0 Å². The van der Waals surface area contributed by atoms with Crippen LogP contribution in [0.25, 0.3) is 11.6 Å². The van der Waals surface area contributed by atoms with Crippen molar-refractivity contribution in [3.63, 3.8) is 0 Å². The van der Waals surface area contributed by atoms with Gasteiger partial charge in [-0.3, -0.25) is 14.8 Å². The van der Waals surface area contributed by atoms with Crippen LogP contribution in [-0.2, 0) is 4.79 Å². The van der Waals surface area contributed by atoms with Gasteiger partial charge in [0.15, 0.2) is 6.29 Å². The molecule has 2 rings (SSSR count). The number of hydrogen-bond acceptors (Lipinski definition) is 3. The van der Waals surface area contributed by atoms with Gasteiger partial charge in [0, 0.05) is 18.0 Å². The van der Waals surface area contributed by atoms with E-state index in [9.17, 15) is 9.18 Å². The van der Waals surface area contributed by atoms with Gasteiger partial charge in [-0.2, -0.15) is 0 Å². The van der Waals surface area contributed by atoms with E-state index >= 15 is 0 Å². The first-order valence-electron chi connectivity index (χ1n) is 4.98. The SMILES string of the molecule is O=C/C(=C\c1cnccn1)c1ccc(F)cc1. The first kappa shape index (κ1) is 11.1. The molecule has 0 amide bonds. The molecule has 0 bridgehead atoms. The normalized spacial score (nSPS) is 11.2. The topological polar surface area (TPSA) is 42.9 Å². The third-order valence-corrected chi connectivity index (χ3v) is 2.19. The highest BCUT2D eigenvalue weighted by Crippen LogP contribution is 2.15. The number of carbonyl (C=O) groups excluding carboxylic acids is 1. The van der Waals surface area contributed by atoms with E-state index < -0.39 is 0 Å². The largest absolute Gasteiger partial charge is 0.298 e. The van der Waals surface area contributed by atoms with E-state index in [-0.39, 0.29) is 5.82 Å². The minimum absolute atomic E-state index is 0.335. The maximum absolute atomic E-state index is 12.8. The number of hydrogen-bond donors (Lipinski definition) is 0. The van der Waals surface area contributed by atoms with Gasteiger partial charge in [0.25, 0.3) is 0 Å². The third kappa shape index (κ3) is 2.81. The maximum Gasteiger partial charge on any atom is 0.150 e. The van der Waals surface area contributed by atoms with Crippen molar-refractivity contribution < 1.29 is 9.18 Å². The number of rotatable bonds is 3. The summed E-state index contributed by atoms with van der Waals surface area (Å²) in [5, 5.41) is 0. The molecule has 4 heteroatoms. The van der Waals surface area contributed by atoms with Crippen molar-refractivity contribution >= 4 is 17.9 Å². The predicted molar refractivity (Wildman–Crippen MR) is 62.4 cm³/mol. The number of aldehydes is 1. The summed E-state index contributed by atoms with van der Waals surface area (Å²) in [4.78, 5) is 18.9. The Bertz CT molecular complexity index is 535. The number of benzene rings is 1. The molecule has 2 aromatic rings. The van der Waals surface area contributed by atoms with E-state index in [1.54, 1.807) is 36.8 Å². The molecule has 3 nitrogen and oxygen atoms in total. The van der Waals surface area contributed by atoms with Gasteiger partial charge in [-0.25, -0.2) is 4.39 Å². The van der Waals surface area contributed by atoms with Crippen LogP contribution in [0, 0.1) is 5.82 Å². The minimum atomic E-state index is -0.335. The molecule has 1 aromatic heterocycles. The van der Waals surface area contributed by atoms with Gasteiger partial charge in [-0.1, -0.05) is 12.1 Å². The quantitative estimate of drug-likeness (QED) is 0.598. The fourth-order valence-corrected chi connectivity index (χ4v) is 1.37. The average molecular weight is 228 g/mol. The summed E-state index contributed by atoms with van der Waals surface area (Å²) >= 11 is 0. The molecule has 17 heavy (non-hydrogen) atoms. The van der Waals surface area contributed by atoms with Crippen LogP contribution in [0.5, 0.6) is 0 Å². The number of halogens is 1. The molecular weight excluding hydrogens is 219 g/mol. The lowest BCUT2D eigenvalue weighted by Gasteiger charge is -2.00. The van der Waals surface area contributed by atoms with Gasteiger partial charge in [-0.05, 0) is 23.8 Å². The molecule has 0 spiro atoms. The predicted octanol–water partition coefficient (Wildman–Crippen LogP) is 2.36. The van der Waals surface area contributed by atoms with Crippen LogP contribution in [0.2, 0.25) is 0 Å². The molecule has 0 aliphatic rings. The molecule has 0 aliphatic carbocycles.